The van der Waals surface area contributed by atoms with Crippen LogP contribution in [0.1, 0.15) is 207 Å². The van der Waals surface area contributed by atoms with E-state index in [0.29, 0.717) is 0 Å². The molecule has 0 atom stereocenters. The van der Waals surface area contributed by atoms with E-state index in [-0.39, 0.29) is 12.4 Å². The van der Waals surface area contributed by atoms with Crippen LogP contribution in [0.25, 0.3) is 0 Å². The van der Waals surface area contributed by atoms with Crippen LogP contribution in [0.5, 0.6) is 0 Å². The van der Waals surface area contributed by atoms with Crippen LogP contribution in [-0.2, 0) is 0 Å². The SMILES string of the molecule is CCCCCCCCCCCCCC[N+](CCCC)(CCCC)CCCCCCCCCCCCCC.[Cl-]. The van der Waals surface area contributed by atoms with Crippen LogP contribution in [0, 0.1) is 0 Å². The summed E-state index contributed by atoms with van der Waals surface area (Å²) in [5.74, 6) is 0. The number of quaternary nitrogens is 1. The van der Waals surface area contributed by atoms with Crippen molar-refractivity contribution in [3.05, 3.63) is 0 Å². The van der Waals surface area contributed by atoms with Crippen molar-refractivity contribution in [1.29, 1.82) is 0 Å². The highest BCUT2D eigenvalue weighted by Crippen LogP contribution is 2.20. The van der Waals surface area contributed by atoms with Gasteiger partial charge in [0, 0.05) is 0 Å². The predicted octanol–water partition coefficient (Wildman–Crippen LogP) is 9.81. The highest BCUT2D eigenvalue weighted by Gasteiger charge is 2.25. The maximum Gasteiger partial charge on any atom is 0.0786 e. The fourth-order valence-electron chi connectivity index (χ4n) is 6.23. The number of rotatable bonds is 32. The van der Waals surface area contributed by atoms with Crippen molar-refractivity contribution in [2.45, 2.75) is 207 Å². The summed E-state index contributed by atoms with van der Waals surface area (Å²) in [7, 11) is 0. The van der Waals surface area contributed by atoms with E-state index in [0.717, 1.165) is 0 Å². The Hall–Kier alpha value is 0.250. The molecule has 1 nitrogen and oxygen atoms in total. The Morgan fingerprint density at radius 3 is 0.658 bits per heavy atom. The molecule has 0 heterocycles. The fourth-order valence-corrected chi connectivity index (χ4v) is 6.23. The van der Waals surface area contributed by atoms with Crippen LogP contribution in [0.15, 0.2) is 0 Å². The van der Waals surface area contributed by atoms with Crippen molar-refractivity contribution in [2.24, 2.45) is 0 Å². The van der Waals surface area contributed by atoms with Gasteiger partial charge in [0.15, 0.2) is 0 Å². The lowest BCUT2D eigenvalue weighted by Gasteiger charge is -2.39. The first-order chi connectivity index (χ1) is 18.2. The van der Waals surface area contributed by atoms with E-state index in [1.165, 1.54) is 210 Å². The van der Waals surface area contributed by atoms with Gasteiger partial charge in [-0.3, -0.25) is 0 Å². The quantitative estimate of drug-likeness (QED) is 0.0570. The number of unbranched alkanes of at least 4 members (excludes halogenated alkanes) is 24. The van der Waals surface area contributed by atoms with E-state index in [1.54, 1.807) is 0 Å². The van der Waals surface area contributed by atoms with E-state index in [1.807, 2.05) is 0 Å². The molecule has 0 radical (unpaired) electrons. The molecule has 0 rings (SSSR count). The summed E-state index contributed by atoms with van der Waals surface area (Å²) in [6.07, 6.45) is 40.8. The summed E-state index contributed by atoms with van der Waals surface area (Å²) >= 11 is 0. The molecule has 0 bridgehead atoms. The van der Waals surface area contributed by atoms with Crippen LogP contribution in [-0.4, -0.2) is 30.7 Å². The molecular formula is C36H76ClN. The zero-order valence-electron chi connectivity index (χ0n) is 27.5. The lowest BCUT2D eigenvalue weighted by Crippen LogP contribution is -3.00. The first-order valence-electron chi connectivity index (χ1n) is 18.1. The number of hydrogen-bond acceptors (Lipinski definition) is 0. The van der Waals surface area contributed by atoms with Gasteiger partial charge in [-0.1, -0.05) is 169 Å². The molecule has 0 aliphatic rings. The summed E-state index contributed by atoms with van der Waals surface area (Å²) < 4.78 is 1.46. The van der Waals surface area contributed by atoms with Crippen molar-refractivity contribution in [1.82, 2.24) is 0 Å². The van der Waals surface area contributed by atoms with E-state index in [2.05, 4.69) is 27.7 Å². The second-order valence-electron chi connectivity index (χ2n) is 12.7. The maximum absolute atomic E-state index is 2.39. The molecule has 0 saturated carbocycles. The van der Waals surface area contributed by atoms with Crippen LogP contribution in [0.4, 0.5) is 0 Å². The normalized spacial score (nSPS) is 11.7. The predicted molar refractivity (Wildman–Crippen MR) is 172 cm³/mol. The summed E-state index contributed by atoms with van der Waals surface area (Å²) in [4.78, 5) is 0. The van der Waals surface area contributed by atoms with E-state index < -0.39 is 0 Å². The van der Waals surface area contributed by atoms with Crippen LogP contribution in [0.3, 0.4) is 0 Å². The molecule has 0 aromatic carbocycles. The van der Waals surface area contributed by atoms with Crippen LogP contribution >= 0.6 is 0 Å². The maximum atomic E-state index is 2.39. The Balaban J connectivity index is 0. The zero-order chi connectivity index (χ0) is 27.1. The number of halogens is 1. The molecule has 0 saturated heterocycles. The Bertz CT molecular complexity index is 372. The van der Waals surface area contributed by atoms with Crippen LogP contribution < -0.4 is 12.4 Å². The minimum atomic E-state index is 0. The van der Waals surface area contributed by atoms with Gasteiger partial charge >= 0.3 is 0 Å². The molecule has 0 aromatic heterocycles. The van der Waals surface area contributed by atoms with Gasteiger partial charge in [0.05, 0.1) is 26.2 Å². The Labute approximate surface area is 250 Å². The Morgan fingerprint density at radius 2 is 0.421 bits per heavy atom. The standard InChI is InChI=1S/C36H76N.ClH/c1-5-9-13-15-17-19-21-23-25-27-29-31-35-37(33-11-7-3,34-12-8-4)36-32-30-28-26-24-22-20-18-16-14-10-6-2;/h5-36H2,1-4H3;1H/q+1;/p-1. The van der Waals surface area contributed by atoms with Gasteiger partial charge in [-0.05, 0) is 38.5 Å². The highest BCUT2D eigenvalue weighted by molar-refractivity contribution is 4.54. The lowest BCUT2D eigenvalue weighted by molar-refractivity contribution is -0.929. The van der Waals surface area contributed by atoms with Gasteiger partial charge in [0.2, 0.25) is 0 Å². The third kappa shape index (κ3) is 27.8. The van der Waals surface area contributed by atoms with Gasteiger partial charge in [-0.2, -0.15) is 0 Å². The summed E-state index contributed by atoms with van der Waals surface area (Å²) in [6, 6.07) is 0. The Morgan fingerprint density at radius 1 is 0.237 bits per heavy atom. The second-order valence-corrected chi connectivity index (χ2v) is 12.7. The highest BCUT2D eigenvalue weighted by atomic mass is 35.5. The first kappa shape index (κ1) is 40.4. The average Bonchev–Trinajstić information content (AvgIpc) is 2.91. The molecule has 0 spiro atoms. The third-order valence-corrected chi connectivity index (χ3v) is 8.94. The minimum Gasteiger partial charge on any atom is -1.00 e. The molecular weight excluding hydrogens is 482 g/mol. The smallest absolute Gasteiger partial charge is 0.0786 e. The average molecular weight is 558 g/mol. The molecule has 232 valence electrons. The zero-order valence-corrected chi connectivity index (χ0v) is 28.2. The van der Waals surface area contributed by atoms with E-state index >= 15 is 0 Å². The monoisotopic (exact) mass is 558 g/mol. The molecule has 0 amide bonds. The second kappa shape index (κ2) is 33.5. The van der Waals surface area contributed by atoms with E-state index in [9.17, 15) is 0 Å². The molecule has 0 aliphatic carbocycles. The number of hydrogen-bond donors (Lipinski definition) is 0. The summed E-state index contributed by atoms with van der Waals surface area (Å²) in [5, 5.41) is 0. The van der Waals surface area contributed by atoms with E-state index in [4.69, 9.17) is 0 Å². The third-order valence-electron chi connectivity index (χ3n) is 8.94. The molecule has 2 heteroatoms. The van der Waals surface area contributed by atoms with Crippen molar-refractivity contribution in [3.63, 3.8) is 0 Å². The summed E-state index contributed by atoms with van der Waals surface area (Å²) in [6.45, 7) is 15.3. The summed E-state index contributed by atoms with van der Waals surface area (Å²) in [5.41, 5.74) is 0. The lowest BCUT2D eigenvalue weighted by atomic mass is 10.0. The molecule has 38 heavy (non-hydrogen) atoms. The molecule has 0 aromatic rings. The molecule has 0 aliphatic heterocycles. The molecule has 0 N–H and O–H groups in total. The van der Waals surface area contributed by atoms with Crippen molar-refractivity contribution < 1.29 is 16.9 Å². The van der Waals surface area contributed by atoms with Crippen molar-refractivity contribution >= 4 is 0 Å². The van der Waals surface area contributed by atoms with Crippen molar-refractivity contribution in [3.8, 4) is 0 Å². The first-order valence-corrected chi connectivity index (χ1v) is 18.1. The fraction of sp³-hybridized carbons (Fsp3) is 1.00. The van der Waals surface area contributed by atoms with Crippen molar-refractivity contribution in [2.75, 3.05) is 26.2 Å². The van der Waals surface area contributed by atoms with Gasteiger partial charge < -0.3 is 16.9 Å². The van der Waals surface area contributed by atoms with Gasteiger partial charge in [-0.15, -0.1) is 0 Å². The van der Waals surface area contributed by atoms with Gasteiger partial charge in [0.1, 0.15) is 0 Å². The van der Waals surface area contributed by atoms with Gasteiger partial charge in [0.25, 0.3) is 0 Å². The van der Waals surface area contributed by atoms with Crippen LogP contribution in [0.2, 0.25) is 0 Å². The molecule has 0 fully saturated rings. The largest absolute Gasteiger partial charge is 1.00 e. The Kier molecular flexibility index (Phi) is 35.6. The topological polar surface area (TPSA) is 0 Å². The molecule has 0 unspecified atom stereocenters. The number of nitrogens with zero attached hydrogens (tertiary/aromatic N) is 1. The van der Waals surface area contributed by atoms with Gasteiger partial charge in [-0.25, -0.2) is 0 Å². The minimum absolute atomic E-state index is 0.